The van der Waals surface area contributed by atoms with Crippen LogP contribution in [-0.4, -0.2) is 63.6 Å². The summed E-state index contributed by atoms with van der Waals surface area (Å²) in [6.45, 7) is 6.94. The third-order valence-corrected chi connectivity index (χ3v) is 9.03. The van der Waals surface area contributed by atoms with E-state index in [-0.39, 0.29) is 22.0 Å². The van der Waals surface area contributed by atoms with Gasteiger partial charge in [-0.3, -0.25) is 14.9 Å². The molecule has 0 bridgehead atoms. The van der Waals surface area contributed by atoms with Gasteiger partial charge in [-0.15, -0.1) is 23.5 Å². The summed E-state index contributed by atoms with van der Waals surface area (Å²) < 4.78 is 5.43. The molecule has 0 radical (unpaired) electrons. The van der Waals surface area contributed by atoms with Crippen LogP contribution in [0.25, 0.3) is 0 Å². The maximum atomic E-state index is 13.2. The summed E-state index contributed by atoms with van der Waals surface area (Å²) in [7, 11) is 0. The van der Waals surface area contributed by atoms with Gasteiger partial charge in [0.25, 0.3) is 0 Å². The van der Waals surface area contributed by atoms with E-state index >= 15 is 0 Å². The van der Waals surface area contributed by atoms with E-state index in [4.69, 9.17) is 4.74 Å². The molecule has 2 aliphatic rings. The molecule has 1 amide bonds. The van der Waals surface area contributed by atoms with Crippen LogP contribution < -0.4 is 5.32 Å². The molecule has 5 nitrogen and oxygen atoms in total. The molecule has 0 aliphatic carbocycles. The summed E-state index contributed by atoms with van der Waals surface area (Å²) in [4.78, 5) is 27.7. The number of rotatable bonds is 8. The monoisotopic (exact) mass is 436 g/mol. The minimum atomic E-state index is -0.490. The van der Waals surface area contributed by atoms with Crippen LogP contribution in [0, 0.1) is 0 Å². The molecule has 3 rings (SSSR count). The molecule has 29 heavy (non-hydrogen) atoms. The molecule has 0 aromatic heterocycles. The van der Waals surface area contributed by atoms with E-state index in [0.717, 1.165) is 30.9 Å². The maximum absolute atomic E-state index is 13.2. The highest BCUT2D eigenvalue weighted by Crippen LogP contribution is 2.51. The van der Waals surface area contributed by atoms with Gasteiger partial charge in [0, 0.05) is 24.1 Å². The van der Waals surface area contributed by atoms with Crippen molar-refractivity contribution in [2.45, 2.75) is 62.2 Å². The van der Waals surface area contributed by atoms with Gasteiger partial charge in [-0.2, -0.15) is 0 Å². The molecule has 0 saturated carbocycles. The fourth-order valence-corrected chi connectivity index (χ4v) is 7.55. The molecule has 3 atom stereocenters. The van der Waals surface area contributed by atoms with Crippen LogP contribution in [0.15, 0.2) is 30.3 Å². The number of nitrogens with zero attached hydrogens (tertiary/aromatic N) is 1. The lowest BCUT2D eigenvalue weighted by molar-refractivity contribution is -0.146. The highest BCUT2D eigenvalue weighted by molar-refractivity contribution is 8.21. The van der Waals surface area contributed by atoms with Gasteiger partial charge in [0.1, 0.15) is 6.04 Å². The first-order chi connectivity index (χ1) is 13.9. The number of aryl methyl sites for hydroxylation is 1. The van der Waals surface area contributed by atoms with E-state index < -0.39 is 12.1 Å². The molecule has 160 valence electrons. The van der Waals surface area contributed by atoms with Gasteiger partial charge in [0.15, 0.2) is 0 Å². The number of amides is 1. The van der Waals surface area contributed by atoms with E-state index in [2.05, 4.69) is 24.4 Å². The molecular weight excluding hydrogens is 404 g/mol. The largest absolute Gasteiger partial charge is 0.465 e. The van der Waals surface area contributed by atoms with Crippen LogP contribution in [0.4, 0.5) is 0 Å². The second kappa shape index (κ2) is 10.2. The number of benzene rings is 1. The highest BCUT2D eigenvalue weighted by Gasteiger charge is 2.47. The van der Waals surface area contributed by atoms with Crippen molar-refractivity contribution in [1.29, 1.82) is 0 Å². The Labute approximate surface area is 182 Å². The van der Waals surface area contributed by atoms with E-state index in [1.165, 1.54) is 5.56 Å². The van der Waals surface area contributed by atoms with Crippen molar-refractivity contribution in [3.8, 4) is 0 Å². The molecule has 1 N–H and O–H groups in total. The quantitative estimate of drug-likeness (QED) is 0.631. The fourth-order valence-electron chi connectivity index (χ4n) is 4.13. The predicted molar refractivity (Wildman–Crippen MR) is 121 cm³/mol. The molecule has 1 aromatic carbocycles. The fraction of sp³-hybridized carbons (Fsp3) is 0.636. The van der Waals surface area contributed by atoms with Crippen LogP contribution in [0.2, 0.25) is 0 Å². The van der Waals surface area contributed by atoms with Crippen molar-refractivity contribution in [1.82, 2.24) is 10.2 Å². The van der Waals surface area contributed by atoms with Crippen molar-refractivity contribution in [3.05, 3.63) is 35.9 Å². The molecule has 2 saturated heterocycles. The van der Waals surface area contributed by atoms with Crippen molar-refractivity contribution < 1.29 is 14.3 Å². The van der Waals surface area contributed by atoms with E-state index in [1.807, 2.05) is 60.5 Å². The molecule has 3 unspecified atom stereocenters. The Morgan fingerprint density at radius 2 is 1.97 bits per heavy atom. The van der Waals surface area contributed by atoms with Gasteiger partial charge in [0.05, 0.1) is 16.7 Å². The van der Waals surface area contributed by atoms with Crippen molar-refractivity contribution >= 4 is 35.4 Å². The molecule has 1 spiro atoms. The van der Waals surface area contributed by atoms with Crippen LogP contribution >= 0.6 is 23.5 Å². The first kappa shape index (κ1) is 22.5. The number of carbonyl (C=O) groups is 2. The summed E-state index contributed by atoms with van der Waals surface area (Å²) in [5.41, 5.74) is 1.17. The Bertz CT molecular complexity index is 695. The van der Waals surface area contributed by atoms with Gasteiger partial charge in [-0.25, -0.2) is 0 Å². The SMILES string of the molecule is CCOC(=O)C(CCc1ccccc1)NC(C)C(=O)N1CC2(CC1C)SCCS2. The van der Waals surface area contributed by atoms with Crippen molar-refractivity contribution in [2.75, 3.05) is 24.7 Å². The summed E-state index contributed by atoms with van der Waals surface area (Å²) in [6.07, 6.45) is 2.40. The first-order valence-corrected chi connectivity index (χ1v) is 12.5. The predicted octanol–water partition coefficient (Wildman–Crippen LogP) is 3.33. The molecule has 2 aliphatic heterocycles. The minimum absolute atomic E-state index is 0.0801. The number of thioether (sulfide) groups is 2. The number of carbonyl (C=O) groups excluding carboxylic acids is 2. The Balaban J connectivity index is 1.61. The average Bonchev–Trinajstić information content (AvgIpc) is 3.31. The molecule has 2 fully saturated rings. The van der Waals surface area contributed by atoms with Gasteiger partial charge in [0.2, 0.25) is 5.91 Å². The van der Waals surface area contributed by atoms with Crippen LogP contribution in [0.5, 0.6) is 0 Å². The number of nitrogens with one attached hydrogen (secondary N) is 1. The van der Waals surface area contributed by atoms with Crippen molar-refractivity contribution in [2.24, 2.45) is 0 Å². The zero-order chi connectivity index (χ0) is 20.9. The molecule has 2 heterocycles. The van der Waals surface area contributed by atoms with Crippen LogP contribution in [-0.2, 0) is 20.7 Å². The second-order valence-corrected chi connectivity index (χ2v) is 11.1. The summed E-state index contributed by atoms with van der Waals surface area (Å²) in [5, 5.41) is 3.27. The number of hydrogen-bond donors (Lipinski definition) is 1. The zero-order valence-corrected chi connectivity index (χ0v) is 19.2. The lowest BCUT2D eigenvalue weighted by atomic mass is 10.0. The number of likely N-dealkylation sites (tertiary alicyclic amines) is 1. The summed E-state index contributed by atoms with van der Waals surface area (Å²) in [5.74, 6) is 2.13. The number of esters is 1. The standard InChI is InChI=1S/C22H32N2O3S2/c1-4-27-21(26)19(11-10-18-8-6-5-7-9-18)23-17(3)20(25)24-15-22(14-16(24)2)28-12-13-29-22/h5-9,16-17,19,23H,4,10-15H2,1-3H3. The smallest absolute Gasteiger partial charge is 0.323 e. The zero-order valence-electron chi connectivity index (χ0n) is 17.6. The van der Waals surface area contributed by atoms with E-state index in [1.54, 1.807) is 0 Å². The Hall–Kier alpha value is -1.18. The Morgan fingerprint density at radius 3 is 2.62 bits per heavy atom. The third kappa shape index (κ3) is 5.70. The summed E-state index contributed by atoms with van der Waals surface area (Å²) >= 11 is 3.99. The van der Waals surface area contributed by atoms with Gasteiger partial charge >= 0.3 is 5.97 Å². The minimum Gasteiger partial charge on any atom is -0.465 e. The van der Waals surface area contributed by atoms with Crippen LogP contribution in [0.3, 0.4) is 0 Å². The average molecular weight is 437 g/mol. The maximum Gasteiger partial charge on any atom is 0.323 e. The normalized spacial score (nSPS) is 22.6. The van der Waals surface area contributed by atoms with E-state index in [9.17, 15) is 9.59 Å². The number of ether oxygens (including phenoxy) is 1. The molecule has 7 heteroatoms. The lowest BCUT2D eigenvalue weighted by Gasteiger charge is -2.28. The highest BCUT2D eigenvalue weighted by atomic mass is 32.2. The second-order valence-electron chi connectivity index (χ2n) is 7.84. The summed E-state index contributed by atoms with van der Waals surface area (Å²) in [6, 6.07) is 9.41. The third-order valence-electron chi connectivity index (χ3n) is 5.60. The Morgan fingerprint density at radius 1 is 1.28 bits per heavy atom. The van der Waals surface area contributed by atoms with Gasteiger partial charge in [-0.05, 0) is 45.6 Å². The first-order valence-electron chi connectivity index (χ1n) is 10.5. The topological polar surface area (TPSA) is 58.6 Å². The molecule has 1 aromatic rings. The van der Waals surface area contributed by atoms with Crippen molar-refractivity contribution in [3.63, 3.8) is 0 Å². The molecular formula is C22H32N2O3S2. The number of hydrogen-bond acceptors (Lipinski definition) is 6. The Kier molecular flexibility index (Phi) is 7.93. The van der Waals surface area contributed by atoms with Gasteiger partial charge < -0.3 is 9.64 Å². The van der Waals surface area contributed by atoms with E-state index in [0.29, 0.717) is 13.0 Å². The van der Waals surface area contributed by atoms with Gasteiger partial charge in [-0.1, -0.05) is 30.3 Å². The lowest BCUT2D eigenvalue weighted by Crippen LogP contribution is -2.52. The van der Waals surface area contributed by atoms with Crippen LogP contribution in [0.1, 0.15) is 39.2 Å².